The van der Waals surface area contributed by atoms with Crippen molar-refractivity contribution >= 4 is 29.3 Å². The maximum absolute atomic E-state index is 12.1. The van der Waals surface area contributed by atoms with Crippen LogP contribution in [-0.2, 0) is 16.1 Å². The molecule has 0 radical (unpaired) electrons. The number of nitrogens with one attached hydrogen (secondary N) is 2. The fraction of sp³-hybridized carbons (Fsp3) is 0.118. The van der Waals surface area contributed by atoms with Crippen molar-refractivity contribution in [3.8, 4) is 5.82 Å². The van der Waals surface area contributed by atoms with Crippen molar-refractivity contribution in [2.75, 3.05) is 11.6 Å². The molecular weight excluding hydrogens is 352 g/mol. The van der Waals surface area contributed by atoms with Gasteiger partial charge in [-0.2, -0.15) is 5.10 Å². The minimum Gasteiger partial charge on any atom is -0.344 e. The summed E-state index contributed by atoms with van der Waals surface area (Å²) in [6, 6.07) is 10.8. The summed E-state index contributed by atoms with van der Waals surface area (Å²) in [5, 5.41) is 9.18. The number of amides is 2. The lowest BCUT2D eigenvalue weighted by molar-refractivity contribution is -0.136. The van der Waals surface area contributed by atoms with Gasteiger partial charge in [-0.3, -0.25) is 9.59 Å². The first kappa shape index (κ1) is 17.6. The smallest absolute Gasteiger partial charge is 0.313 e. The Kier molecular flexibility index (Phi) is 5.59. The first-order valence-corrected chi connectivity index (χ1v) is 8.92. The molecule has 9 heteroatoms. The topological polar surface area (TPSA) is 102 Å². The number of aromatic nitrogens is 4. The van der Waals surface area contributed by atoms with Gasteiger partial charge in [0.2, 0.25) is 0 Å². The molecular formula is C17H16N6O2S. The van der Waals surface area contributed by atoms with Gasteiger partial charge in [-0.25, -0.2) is 14.6 Å². The van der Waals surface area contributed by atoms with E-state index >= 15 is 0 Å². The number of pyridine rings is 1. The molecule has 0 aliphatic rings. The summed E-state index contributed by atoms with van der Waals surface area (Å²) in [5.74, 6) is -0.918. The number of hydrogen-bond acceptors (Lipinski definition) is 6. The second-order valence-electron chi connectivity index (χ2n) is 5.19. The molecule has 2 heterocycles. The first-order chi connectivity index (χ1) is 12.7. The van der Waals surface area contributed by atoms with Crippen LogP contribution in [0, 0.1) is 0 Å². The van der Waals surface area contributed by atoms with E-state index in [4.69, 9.17) is 0 Å². The first-order valence-electron chi connectivity index (χ1n) is 7.69. The average Bonchev–Trinajstić information content (AvgIpc) is 3.21. The molecule has 2 N–H and O–H groups in total. The Bertz CT molecular complexity index is 896. The predicted molar refractivity (Wildman–Crippen MR) is 97.9 cm³/mol. The highest BCUT2D eigenvalue weighted by Crippen LogP contribution is 2.17. The molecule has 132 valence electrons. The van der Waals surface area contributed by atoms with E-state index in [-0.39, 0.29) is 6.54 Å². The van der Waals surface area contributed by atoms with Gasteiger partial charge >= 0.3 is 11.8 Å². The standard InChI is InChI=1S/C17H16N6O2S/c1-26-14-6-4-13(5-7-14)22-17(25)16(24)20-9-12-3-2-8-19-15(12)23-11-18-10-21-23/h2-8,10-11H,9H2,1H3,(H,20,24)(H,22,25). The van der Waals surface area contributed by atoms with Gasteiger partial charge in [-0.1, -0.05) is 6.07 Å². The van der Waals surface area contributed by atoms with Crippen LogP contribution in [0.1, 0.15) is 5.56 Å². The SMILES string of the molecule is CSc1ccc(NC(=O)C(=O)NCc2cccnc2-n2cncn2)cc1. The van der Waals surface area contributed by atoms with Crippen LogP contribution in [0.15, 0.2) is 60.1 Å². The van der Waals surface area contributed by atoms with E-state index in [9.17, 15) is 9.59 Å². The molecule has 2 aromatic heterocycles. The normalized spacial score (nSPS) is 10.3. The van der Waals surface area contributed by atoms with Crippen LogP contribution in [0.3, 0.4) is 0 Å². The highest BCUT2D eigenvalue weighted by molar-refractivity contribution is 7.98. The molecule has 8 nitrogen and oxygen atoms in total. The fourth-order valence-corrected chi connectivity index (χ4v) is 2.62. The number of rotatable bonds is 5. The third kappa shape index (κ3) is 4.25. The number of benzene rings is 1. The molecule has 2 amide bonds. The lowest BCUT2D eigenvalue weighted by Gasteiger charge is -2.09. The monoisotopic (exact) mass is 368 g/mol. The largest absolute Gasteiger partial charge is 0.344 e. The van der Waals surface area contributed by atoms with Crippen molar-refractivity contribution in [1.29, 1.82) is 0 Å². The quantitative estimate of drug-likeness (QED) is 0.524. The third-order valence-corrected chi connectivity index (χ3v) is 4.24. The summed E-state index contributed by atoms with van der Waals surface area (Å²) in [7, 11) is 0. The van der Waals surface area contributed by atoms with E-state index in [1.807, 2.05) is 18.4 Å². The van der Waals surface area contributed by atoms with Crippen LogP contribution >= 0.6 is 11.8 Å². The Balaban J connectivity index is 1.61. The fourth-order valence-electron chi connectivity index (χ4n) is 2.21. The van der Waals surface area contributed by atoms with Gasteiger partial charge in [-0.15, -0.1) is 11.8 Å². The molecule has 0 saturated heterocycles. The predicted octanol–water partition coefficient (Wildman–Crippen LogP) is 1.64. The molecule has 1 aromatic carbocycles. The summed E-state index contributed by atoms with van der Waals surface area (Å²) in [6.07, 6.45) is 6.49. The van der Waals surface area contributed by atoms with E-state index < -0.39 is 11.8 Å². The maximum Gasteiger partial charge on any atom is 0.313 e. The molecule has 0 fully saturated rings. The Morgan fingerprint density at radius 2 is 1.96 bits per heavy atom. The van der Waals surface area contributed by atoms with E-state index in [1.165, 1.54) is 17.3 Å². The van der Waals surface area contributed by atoms with E-state index in [0.717, 1.165) is 4.90 Å². The van der Waals surface area contributed by atoms with Gasteiger partial charge in [0.15, 0.2) is 5.82 Å². The van der Waals surface area contributed by atoms with Crippen LogP contribution in [0.5, 0.6) is 0 Å². The van der Waals surface area contributed by atoms with Gasteiger partial charge in [0.1, 0.15) is 12.7 Å². The number of carbonyl (C=O) groups excluding carboxylic acids is 2. The van der Waals surface area contributed by atoms with Crippen molar-refractivity contribution in [3.05, 3.63) is 60.8 Å². The summed E-state index contributed by atoms with van der Waals surface area (Å²) in [4.78, 5) is 33.3. The highest BCUT2D eigenvalue weighted by atomic mass is 32.2. The molecule has 0 saturated carbocycles. The van der Waals surface area contributed by atoms with Crippen molar-refractivity contribution in [1.82, 2.24) is 25.1 Å². The van der Waals surface area contributed by atoms with Gasteiger partial charge in [0.25, 0.3) is 0 Å². The number of nitrogens with zero attached hydrogens (tertiary/aromatic N) is 4. The summed E-state index contributed by atoms with van der Waals surface area (Å²) >= 11 is 1.60. The molecule has 0 aliphatic carbocycles. The minimum atomic E-state index is -0.729. The number of hydrogen-bond donors (Lipinski definition) is 2. The molecule has 0 aliphatic heterocycles. The van der Waals surface area contributed by atoms with Gasteiger partial charge in [0.05, 0.1) is 0 Å². The third-order valence-electron chi connectivity index (χ3n) is 3.50. The lowest BCUT2D eigenvalue weighted by atomic mass is 10.2. The van der Waals surface area contributed by atoms with Crippen LogP contribution < -0.4 is 10.6 Å². The van der Waals surface area contributed by atoms with Crippen LogP contribution in [0.25, 0.3) is 5.82 Å². The Morgan fingerprint density at radius 3 is 2.65 bits per heavy atom. The summed E-state index contributed by atoms with van der Waals surface area (Å²) in [6.45, 7) is 0.140. The van der Waals surface area contributed by atoms with Crippen molar-refractivity contribution in [3.63, 3.8) is 0 Å². The van der Waals surface area contributed by atoms with Crippen molar-refractivity contribution in [2.45, 2.75) is 11.4 Å². The number of thioether (sulfide) groups is 1. The van der Waals surface area contributed by atoms with Crippen LogP contribution in [-0.4, -0.2) is 37.8 Å². The second-order valence-corrected chi connectivity index (χ2v) is 6.07. The minimum absolute atomic E-state index is 0.140. The maximum atomic E-state index is 12.1. The van der Waals surface area contributed by atoms with Crippen molar-refractivity contribution < 1.29 is 9.59 Å². The molecule has 3 rings (SSSR count). The molecule has 3 aromatic rings. The zero-order chi connectivity index (χ0) is 18.4. The Hall–Kier alpha value is -3.20. The second kappa shape index (κ2) is 8.26. The van der Waals surface area contributed by atoms with E-state index in [2.05, 4.69) is 25.7 Å². The zero-order valence-electron chi connectivity index (χ0n) is 13.9. The highest BCUT2D eigenvalue weighted by Gasteiger charge is 2.15. The Labute approximate surface area is 154 Å². The molecule has 0 atom stereocenters. The van der Waals surface area contributed by atoms with Gasteiger partial charge in [-0.05, 0) is 36.6 Å². The average molecular weight is 368 g/mol. The summed E-state index contributed by atoms with van der Waals surface area (Å²) < 4.78 is 1.49. The number of anilines is 1. The van der Waals surface area contributed by atoms with E-state index in [1.54, 1.807) is 42.2 Å². The van der Waals surface area contributed by atoms with Gasteiger partial charge < -0.3 is 10.6 Å². The zero-order valence-corrected chi connectivity index (χ0v) is 14.7. The molecule has 0 bridgehead atoms. The van der Waals surface area contributed by atoms with Crippen LogP contribution in [0.2, 0.25) is 0 Å². The van der Waals surface area contributed by atoms with E-state index in [0.29, 0.717) is 17.1 Å². The van der Waals surface area contributed by atoms with Crippen LogP contribution in [0.4, 0.5) is 5.69 Å². The number of carbonyl (C=O) groups is 2. The summed E-state index contributed by atoms with van der Waals surface area (Å²) in [5.41, 5.74) is 1.27. The molecule has 26 heavy (non-hydrogen) atoms. The molecule has 0 unspecified atom stereocenters. The Morgan fingerprint density at radius 1 is 1.15 bits per heavy atom. The lowest BCUT2D eigenvalue weighted by Crippen LogP contribution is -2.35. The van der Waals surface area contributed by atoms with Gasteiger partial charge in [0, 0.05) is 28.9 Å². The van der Waals surface area contributed by atoms with Crippen molar-refractivity contribution in [2.24, 2.45) is 0 Å². The molecule has 0 spiro atoms.